The SMILES string of the molecule is CC(N)=O.[CH3-].[Zr]. The summed E-state index contributed by atoms with van der Waals surface area (Å²) in [6.07, 6.45) is 0. The minimum Gasteiger partial charge on any atom is -0.370 e. The number of hydrogen-bond donors (Lipinski definition) is 1. The van der Waals surface area contributed by atoms with Gasteiger partial charge in [0.05, 0.1) is 0 Å². The van der Waals surface area contributed by atoms with Crippen molar-refractivity contribution in [1.82, 2.24) is 0 Å². The second kappa shape index (κ2) is 9.02. The molecule has 2 nitrogen and oxygen atoms in total. The van der Waals surface area contributed by atoms with E-state index in [0.717, 1.165) is 0 Å². The van der Waals surface area contributed by atoms with Crippen molar-refractivity contribution in [2.75, 3.05) is 0 Å². The van der Waals surface area contributed by atoms with Gasteiger partial charge in [0.15, 0.2) is 0 Å². The van der Waals surface area contributed by atoms with Gasteiger partial charge in [0.1, 0.15) is 0 Å². The Kier molecular flexibility index (Phi) is 24.3. The van der Waals surface area contributed by atoms with Crippen molar-refractivity contribution >= 4 is 5.91 Å². The van der Waals surface area contributed by atoms with Gasteiger partial charge in [0.2, 0.25) is 5.91 Å². The van der Waals surface area contributed by atoms with Gasteiger partial charge in [-0.15, -0.1) is 0 Å². The Morgan fingerprint density at radius 1 is 1.67 bits per heavy atom. The molecule has 0 aliphatic carbocycles. The van der Waals surface area contributed by atoms with E-state index in [-0.39, 0.29) is 39.5 Å². The van der Waals surface area contributed by atoms with Gasteiger partial charge in [-0.05, 0) is 0 Å². The second-order valence-electron chi connectivity index (χ2n) is 0.611. The van der Waals surface area contributed by atoms with Crippen LogP contribution in [0.4, 0.5) is 0 Å². The van der Waals surface area contributed by atoms with Crippen LogP contribution < -0.4 is 5.73 Å². The van der Waals surface area contributed by atoms with E-state index in [9.17, 15) is 4.79 Å². The molecule has 0 fully saturated rings. The molecule has 0 bridgehead atoms. The van der Waals surface area contributed by atoms with Gasteiger partial charge < -0.3 is 13.2 Å². The molecule has 0 saturated heterocycles. The maximum absolute atomic E-state index is 9.22. The Bertz CT molecular complexity index is 33.8. The van der Waals surface area contributed by atoms with Crippen LogP contribution in [0.1, 0.15) is 6.92 Å². The minimum absolute atomic E-state index is 0. The largest absolute Gasteiger partial charge is 0.370 e. The summed E-state index contributed by atoms with van der Waals surface area (Å²) in [7, 11) is 0. The Labute approximate surface area is 57.2 Å². The van der Waals surface area contributed by atoms with E-state index in [1.54, 1.807) is 0 Å². The van der Waals surface area contributed by atoms with Crippen LogP contribution in [0.2, 0.25) is 0 Å². The number of carbonyl (C=O) groups excluding carboxylic acids is 1. The summed E-state index contributed by atoms with van der Waals surface area (Å²) in [5.74, 6) is -0.333. The average molecular weight is 165 g/mol. The molecule has 6 heavy (non-hydrogen) atoms. The number of primary amides is 1. The van der Waals surface area contributed by atoms with Crippen molar-refractivity contribution in [2.24, 2.45) is 5.73 Å². The Morgan fingerprint density at radius 3 is 1.67 bits per heavy atom. The second-order valence-corrected chi connectivity index (χ2v) is 0.611. The number of hydrogen-bond acceptors (Lipinski definition) is 1. The van der Waals surface area contributed by atoms with E-state index in [0.29, 0.717) is 0 Å². The summed E-state index contributed by atoms with van der Waals surface area (Å²) in [5.41, 5.74) is 4.47. The van der Waals surface area contributed by atoms with Crippen LogP contribution in [0.15, 0.2) is 0 Å². The summed E-state index contributed by atoms with van der Waals surface area (Å²) >= 11 is 0. The number of amides is 1. The van der Waals surface area contributed by atoms with Gasteiger partial charge in [0.25, 0.3) is 0 Å². The molecule has 0 aliphatic rings. The van der Waals surface area contributed by atoms with Gasteiger partial charge >= 0.3 is 0 Å². The van der Waals surface area contributed by atoms with Crippen molar-refractivity contribution in [2.45, 2.75) is 6.92 Å². The van der Waals surface area contributed by atoms with Gasteiger partial charge in [-0.1, -0.05) is 0 Å². The van der Waals surface area contributed by atoms with E-state index < -0.39 is 0 Å². The van der Waals surface area contributed by atoms with Gasteiger partial charge in [-0.3, -0.25) is 4.79 Å². The molecule has 0 spiro atoms. The topological polar surface area (TPSA) is 43.1 Å². The molecule has 3 heteroatoms. The molecule has 0 aromatic heterocycles. The summed E-state index contributed by atoms with van der Waals surface area (Å²) in [5, 5.41) is 0. The first-order valence-corrected chi connectivity index (χ1v) is 0.993. The Morgan fingerprint density at radius 2 is 1.67 bits per heavy atom. The van der Waals surface area contributed by atoms with Crippen LogP contribution in [0.25, 0.3) is 0 Å². The molecular formula is C3H8NOZr-. The van der Waals surface area contributed by atoms with Crippen molar-refractivity contribution in [1.29, 1.82) is 0 Å². The molecule has 0 heterocycles. The fourth-order valence-electron chi connectivity index (χ4n) is 0. The molecule has 36 valence electrons. The standard InChI is InChI=1S/C2H5NO.CH3.Zr/c1-2(3)4;;/h1H3,(H2,3,4);1H3;/q;-1;. The smallest absolute Gasteiger partial charge is 0.214 e. The normalized spacial score (nSPS) is 4.17. The zero-order chi connectivity index (χ0) is 3.58. The Balaban J connectivity index is -0.0000000450. The summed E-state index contributed by atoms with van der Waals surface area (Å²) in [6, 6.07) is 0. The van der Waals surface area contributed by atoms with E-state index in [2.05, 4.69) is 5.73 Å². The van der Waals surface area contributed by atoms with Gasteiger partial charge in [-0.2, -0.15) is 0 Å². The summed E-state index contributed by atoms with van der Waals surface area (Å²) in [4.78, 5) is 9.22. The molecule has 0 saturated carbocycles. The zero-order valence-corrected chi connectivity index (χ0v) is 6.44. The monoisotopic (exact) mass is 164 g/mol. The van der Waals surface area contributed by atoms with Gasteiger partial charge in [0, 0.05) is 33.1 Å². The first-order chi connectivity index (χ1) is 1.73. The van der Waals surface area contributed by atoms with Crippen molar-refractivity contribution in [3.63, 3.8) is 0 Å². The number of nitrogens with two attached hydrogens (primary N) is 1. The van der Waals surface area contributed by atoms with E-state index >= 15 is 0 Å². The summed E-state index contributed by atoms with van der Waals surface area (Å²) < 4.78 is 0. The molecule has 0 unspecified atom stereocenters. The molecule has 0 rings (SSSR count). The predicted molar refractivity (Wildman–Crippen MR) is 21.3 cm³/mol. The van der Waals surface area contributed by atoms with E-state index in [4.69, 9.17) is 0 Å². The van der Waals surface area contributed by atoms with Gasteiger partial charge in [-0.25, -0.2) is 0 Å². The molecular weight excluding hydrogens is 157 g/mol. The van der Waals surface area contributed by atoms with E-state index in [1.165, 1.54) is 6.92 Å². The quantitative estimate of drug-likeness (QED) is 0.502. The van der Waals surface area contributed by atoms with Crippen molar-refractivity contribution < 1.29 is 31.0 Å². The first-order valence-electron chi connectivity index (χ1n) is 0.993. The molecule has 0 aromatic rings. The Hall–Kier alpha value is 0.353. The summed E-state index contributed by atoms with van der Waals surface area (Å²) in [6.45, 7) is 1.31. The van der Waals surface area contributed by atoms with Crippen molar-refractivity contribution in [3.8, 4) is 0 Å². The fourth-order valence-corrected chi connectivity index (χ4v) is 0. The number of carbonyl (C=O) groups is 1. The molecule has 1 amide bonds. The van der Waals surface area contributed by atoms with Crippen LogP contribution in [0.5, 0.6) is 0 Å². The maximum Gasteiger partial charge on any atom is 0.214 e. The zero-order valence-electron chi connectivity index (χ0n) is 3.99. The molecule has 0 aromatic carbocycles. The fraction of sp³-hybridized carbons (Fsp3) is 0.333. The van der Waals surface area contributed by atoms with E-state index in [1.807, 2.05) is 0 Å². The van der Waals surface area contributed by atoms with Crippen LogP contribution >= 0.6 is 0 Å². The molecule has 2 N–H and O–H groups in total. The number of rotatable bonds is 0. The third kappa shape index (κ3) is 393. The van der Waals surface area contributed by atoms with Crippen LogP contribution in [-0.4, -0.2) is 5.91 Å². The third-order valence-electron chi connectivity index (χ3n) is 0. The average Bonchev–Trinajstić information content (AvgIpc) is 0.811. The van der Waals surface area contributed by atoms with Crippen LogP contribution in [0.3, 0.4) is 0 Å². The van der Waals surface area contributed by atoms with Crippen molar-refractivity contribution in [3.05, 3.63) is 7.43 Å². The first kappa shape index (κ1) is 16.2. The maximum atomic E-state index is 9.22. The molecule has 0 radical (unpaired) electrons. The van der Waals surface area contributed by atoms with Crippen LogP contribution in [-0.2, 0) is 31.0 Å². The predicted octanol–water partition coefficient (Wildman–Crippen LogP) is -0.0606. The third-order valence-corrected chi connectivity index (χ3v) is 0. The van der Waals surface area contributed by atoms with Crippen LogP contribution in [0, 0.1) is 7.43 Å². The molecule has 0 aliphatic heterocycles. The molecule has 0 atom stereocenters. The minimum atomic E-state index is -0.333.